The molecule has 6 rings (SSSR count). The highest BCUT2D eigenvalue weighted by Gasteiger charge is 2.23. The van der Waals surface area contributed by atoms with E-state index in [-0.39, 0.29) is 11.6 Å². The first kappa shape index (κ1) is 29.3. The Balaban J connectivity index is 1.21. The smallest absolute Gasteiger partial charge is 0.272 e. The predicted octanol–water partition coefficient (Wildman–Crippen LogP) is 7.64. The van der Waals surface area contributed by atoms with Crippen molar-refractivity contribution in [2.24, 2.45) is 0 Å². The van der Waals surface area contributed by atoms with Crippen molar-refractivity contribution < 1.29 is 18.8 Å². The molecule has 2 aromatic heterocycles. The minimum absolute atomic E-state index is 0.0115. The van der Waals surface area contributed by atoms with Crippen LogP contribution in [0.5, 0.6) is 0 Å². The summed E-state index contributed by atoms with van der Waals surface area (Å²) in [5.74, 6) is -0.737. The number of hydrogen-bond acceptors (Lipinski definition) is 5. The van der Waals surface area contributed by atoms with Crippen LogP contribution in [0.3, 0.4) is 0 Å². The maximum Gasteiger partial charge on any atom is 0.272 e. The van der Waals surface area contributed by atoms with Gasteiger partial charge in [0.1, 0.15) is 16.7 Å². The van der Waals surface area contributed by atoms with Crippen LogP contribution in [0.4, 0.5) is 11.4 Å². The Hall–Kier alpha value is -5.80. The number of amides is 3. The number of H-pyrrole nitrogens is 1. The average Bonchev–Trinajstić information content (AvgIpc) is 3.76. The summed E-state index contributed by atoms with van der Waals surface area (Å²) in [6, 6.07) is 36.5. The molecule has 2 heterocycles. The van der Waals surface area contributed by atoms with Gasteiger partial charge in [-0.15, -0.1) is 11.8 Å². The van der Waals surface area contributed by atoms with Gasteiger partial charge in [0.15, 0.2) is 0 Å². The van der Waals surface area contributed by atoms with Crippen molar-refractivity contribution in [3.63, 3.8) is 0 Å². The normalized spacial score (nSPS) is 12.0. The van der Waals surface area contributed by atoms with Gasteiger partial charge in [-0.2, -0.15) is 0 Å². The third kappa shape index (κ3) is 7.41. The molecule has 0 aliphatic heterocycles. The fourth-order valence-electron chi connectivity index (χ4n) is 4.67. The minimum atomic E-state index is -0.573. The van der Waals surface area contributed by atoms with Crippen LogP contribution in [0.2, 0.25) is 0 Å². The number of carbonyl (C=O) groups excluding carboxylic acids is 3. The summed E-state index contributed by atoms with van der Waals surface area (Å²) >= 11 is 1.37. The summed E-state index contributed by atoms with van der Waals surface area (Å²) in [6.07, 6.45) is 4.81. The molecule has 0 aliphatic carbocycles. The monoisotopic (exact) mass is 612 g/mol. The number of thioether (sulfide) groups is 1. The number of benzene rings is 4. The van der Waals surface area contributed by atoms with Crippen LogP contribution in [0.1, 0.15) is 26.9 Å². The Morgan fingerprint density at radius 1 is 0.756 bits per heavy atom. The lowest BCUT2D eigenvalue weighted by atomic mass is 10.1. The molecule has 3 amide bonds. The number of nitrogens with one attached hydrogen (secondary N) is 4. The van der Waals surface area contributed by atoms with Crippen molar-refractivity contribution in [3.8, 4) is 0 Å². The second kappa shape index (κ2) is 13.7. The molecule has 0 spiro atoms. The lowest BCUT2D eigenvalue weighted by molar-refractivity contribution is -0.116. The Morgan fingerprint density at radius 2 is 1.53 bits per heavy atom. The summed E-state index contributed by atoms with van der Waals surface area (Å²) in [7, 11) is 0. The minimum Gasteiger partial charge on any atom is -0.465 e. The molecule has 9 heteroatoms. The summed E-state index contributed by atoms with van der Waals surface area (Å²) in [5, 5.41) is 9.10. The molecule has 8 nitrogen and oxygen atoms in total. The number of aromatic nitrogens is 1. The molecule has 4 aromatic carbocycles. The quantitative estimate of drug-likeness (QED) is 0.0937. The van der Waals surface area contributed by atoms with Gasteiger partial charge in [0, 0.05) is 39.6 Å². The molecule has 45 heavy (non-hydrogen) atoms. The van der Waals surface area contributed by atoms with E-state index in [2.05, 4.69) is 20.9 Å². The Labute approximate surface area is 263 Å². The van der Waals surface area contributed by atoms with E-state index in [1.165, 1.54) is 24.1 Å². The second-order valence-corrected chi connectivity index (χ2v) is 11.2. The maximum absolute atomic E-state index is 13.6. The summed E-state index contributed by atoms with van der Waals surface area (Å²) in [5.41, 5.74) is 3.37. The molecule has 0 radical (unpaired) electrons. The van der Waals surface area contributed by atoms with Gasteiger partial charge in [-0.25, -0.2) is 0 Å². The van der Waals surface area contributed by atoms with Gasteiger partial charge in [0.2, 0.25) is 5.91 Å². The van der Waals surface area contributed by atoms with E-state index in [0.29, 0.717) is 22.7 Å². The van der Waals surface area contributed by atoms with Crippen LogP contribution in [0, 0.1) is 0 Å². The SMILES string of the molecule is O=C(Nc1cccc(SC(C(=O)Nc2ccc3cc[nH]c3c2)c2ccccc2)c1)/C(=C/c1ccco1)NC(=O)c1ccccc1. The van der Waals surface area contributed by atoms with Gasteiger partial charge < -0.3 is 25.4 Å². The van der Waals surface area contributed by atoms with Crippen LogP contribution in [0.15, 0.2) is 149 Å². The van der Waals surface area contributed by atoms with Crippen LogP contribution in [-0.4, -0.2) is 22.7 Å². The van der Waals surface area contributed by atoms with Gasteiger partial charge in [0.05, 0.1) is 6.26 Å². The lowest BCUT2D eigenvalue weighted by Crippen LogP contribution is -2.30. The Kier molecular flexibility index (Phi) is 8.89. The second-order valence-electron chi connectivity index (χ2n) is 10.1. The van der Waals surface area contributed by atoms with Crippen LogP contribution < -0.4 is 16.0 Å². The highest BCUT2D eigenvalue weighted by atomic mass is 32.2. The Bertz CT molecular complexity index is 1970. The van der Waals surface area contributed by atoms with Crippen molar-refractivity contribution in [2.45, 2.75) is 10.1 Å². The van der Waals surface area contributed by atoms with Gasteiger partial charge >= 0.3 is 0 Å². The van der Waals surface area contributed by atoms with E-state index in [4.69, 9.17) is 4.42 Å². The van der Waals surface area contributed by atoms with Gasteiger partial charge in [-0.1, -0.05) is 60.7 Å². The van der Waals surface area contributed by atoms with Crippen LogP contribution >= 0.6 is 11.8 Å². The average molecular weight is 613 g/mol. The first-order valence-corrected chi connectivity index (χ1v) is 15.0. The topological polar surface area (TPSA) is 116 Å². The van der Waals surface area contributed by atoms with Gasteiger partial charge in [-0.3, -0.25) is 14.4 Å². The number of carbonyl (C=O) groups is 3. The molecule has 0 bridgehead atoms. The van der Waals surface area contributed by atoms with Crippen LogP contribution in [-0.2, 0) is 9.59 Å². The van der Waals surface area contributed by atoms with Crippen LogP contribution in [0.25, 0.3) is 17.0 Å². The van der Waals surface area contributed by atoms with E-state index in [0.717, 1.165) is 21.4 Å². The van der Waals surface area contributed by atoms with E-state index in [9.17, 15) is 14.4 Å². The predicted molar refractivity (Wildman–Crippen MR) is 178 cm³/mol. The molecule has 4 N–H and O–H groups in total. The third-order valence-corrected chi connectivity index (χ3v) is 8.12. The number of aromatic amines is 1. The van der Waals surface area contributed by atoms with E-state index in [1.54, 1.807) is 54.6 Å². The van der Waals surface area contributed by atoms with Crippen molar-refractivity contribution in [3.05, 3.63) is 156 Å². The Morgan fingerprint density at radius 3 is 2.31 bits per heavy atom. The van der Waals surface area contributed by atoms with Gasteiger partial charge in [0.25, 0.3) is 11.8 Å². The zero-order valence-corrected chi connectivity index (χ0v) is 24.7. The van der Waals surface area contributed by atoms with Gasteiger partial charge in [-0.05, 0) is 71.6 Å². The van der Waals surface area contributed by atoms with Crippen molar-refractivity contribution >= 4 is 57.8 Å². The fraction of sp³-hybridized carbons (Fsp3) is 0.0278. The fourth-order valence-corrected chi connectivity index (χ4v) is 5.76. The number of hydrogen-bond donors (Lipinski definition) is 4. The molecule has 222 valence electrons. The standard InChI is InChI=1S/C36H28N4O4S/c41-34(26-11-5-2-6-12-26)40-32(23-29-14-8-20-44-29)35(42)38-27-13-7-15-30(21-27)45-33(25-9-3-1-4-10-25)36(43)39-28-17-16-24-18-19-37-31(24)22-28/h1-23,33,37H,(H,38,42)(H,39,43)(H,40,41)/b32-23-. The molecular weight excluding hydrogens is 584 g/mol. The molecule has 6 aromatic rings. The maximum atomic E-state index is 13.6. The van der Waals surface area contributed by atoms with Crippen molar-refractivity contribution in [2.75, 3.05) is 10.6 Å². The van der Waals surface area contributed by atoms with E-state index < -0.39 is 17.1 Å². The highest BCUT2D eigenvalue weighted by molar-refractivity contribution is 8.00. The van der Waals surface area contributed by atoms with E-state index in [1.807, 2.05) is 72.9 Å². The third-order valence-electron chi connectivity index (χ3n) is 6.87. The summed E-state index contributed by atoms with van der Waals surface area (Å²) in [4.78, 5) is 43.9. The first-order valence-electron chi connectivity index (χ1n) is 14.1. The first-order chi connectivity index (χ1) is 22.0. The molecule has 1 atom stereocenters. The summed E-state index contributed by atoms with van der Waals surface area (Å²) in [6.45, 7) is 0. The molecule has 1 unspecified atom stereocenters. The number of anilines is 2. The zero-order valence-electron chi connectivity index (χ0n) is 23.9. The molecular formula is C36H28N4O4S. The molecule has 0 saturated heterocycles. The van der Waals surface area contributed by atoms with Crippen molar-refractivity contribution in [1.29, 1.82) is 0 Å². The number of fused-ring (bicyclic) bond motifs is 1. The lowest BCUT2D eigenvalue weighted by Gasteiger charge is -2.18. The molecule has 0 saturated carbocycles. The molecule has 0 aliphatic rings. The van der Waals surface area contributed by atoms with E-state index >= 15 is 0 Å². The zero-order chi connectivity index (χ0) is 31.0. The largest absolute Gasteiger partial charge is 0.465 e. The van der Waals surface area contributed by atoms with Crippen molar-refractivity contribution in [1.82, 2.24) is 10.3 Å². The molecule has 0 fully saturated rings. The number of rotatable bonds is 10. The highest BCUT2D eigenvalue weighted by Crippen LogP contribution is 2.37. The summed E-state index contributed by atoms with van der Waals surface area (Å²) < 4.78 is 5.39. The number of furan rings is 1.